The summed E-state index contributed by atoms with van der Waals surface area (Å²) in [5, 5.41) is 9.62. The summed E-state index contributed by atoms with van der Waals surface area (Å²) >= 11 is 0. The van der Waals surface area contributed by atoms with Gasteiger partial charge in [0.1, 0.15) is 36.3 Å². The fourth-order valence-corrected chi connectivity index (χ4v) is 6.45. The molecule has 0 spiro atoms. The summed E-state index contributed by atoms with van der Waals surface area (Å²) in [5.41, 5.74) is 9.17. The van der Waals surface area contributed by atoms with Gasteiger partial charge < -0.3 is 15.5 Å². The zero-order chi connectivity index (χ0) is 33.0. The Kier molecular flexibility index (Phi) is 11.4. The highest BCUT2D eigenvalue weighted by atomic mass is 16.2. The number of nitrogens with one attached hydrogen (secondary N) is 5. The average Bonchev–Trinajstić information content (AvgIpc) is 3.03. The summed E-state index contributed by atoms with van der Waals surface area (Å²) < 4.78 is 0. The molecule has 5 N–H and O–H groups in total. The van der Waals surface area contributed by atoms with Crippen LogP contribution in [0.5, 0.6) is 0 Å². The van der Waals surface area contributed by atoms with Gasteiger partial charge >= 0.3 is 0 Å². The molecule has 45 heavy (non-hydrogen) atoms. The van der Waals surface area contributed by atoms with Crippen LogP contribution in [0.15, 0.2) is 0 Å². The van der Waals surface area contributed by atoms with Gasteiger partial charge in [-0.05, 0) is 63.7 Å². The number of rotatable bonds is 3. The van der Waals surface area contributed by atoms with Crippen LogP contribution < -0.4 is 26.9 Å². The summed E-state index contributed by atoms with van der Waals surface area (Å²) in [6, 6.07) is -5.62. The Balaban J connectivity index is 1.76. The Labute approximate surface area is 265 Å². The molecule has 0 aromatic carbocycles. The van der Waals surface area contributed by atoms with Gasteiger partial charge in [-0.2, -0.15) is 0 Å². The molecular formula is C30H51N9O6. The zero-order valence-electron chi connectivity index (χ0n) is 27.4. The predicted molar refractivity (Wildman–Crippen MR) is 164 cm³/mol. The van der Waals surface area contributed by atoms with Crippen molar-refractivity contribution in [2.75, 3.05) is 26.7 Å². The fraction of sp³-hybridized carbons (Fsp3) is 0.800. The Morgan fingerprint density at radius 1 is 0.644 bits per heavy atom. The lowest BCUT2D eigenvalue weighted by atomic mass is 9.97. The minimum Gasteiger partial charge on any atom is -0.342 e. The largest absolute Gasteiger partial charge is 0.342 e. The lowest BCUT2D eigenvalue weighted by Gasteiger charge is -2.44. The maximum atomic E-state index is 14.1. The van der Waals surface area contributed by atoms with E-state index in [1.54, 1.807) is 20.8 Å². The number of hydrogen-bond donors (Lipinski definition) is 5. The summed E-state index contributed by atoms with van der Waals surface area (Å²) in [6.45, 7) is 10.5. The molecule has 0 unspecified atom stereocenters. The second kappa shape index (κ2) is 14.9. The van der Waals surface area contributed by atoms with E-state index in [-0.39, 0.29) is 11.8 Å². The van der Waals surface area contributed by atoms with Crippen LogP contribution in [0.1, 0.15) is 79.6 Å². The van der Waals surface area contributed by atoms with Gasteiger partial charge in [-0.15, -0.1) is 0 Å². The van der Waals surface area contributed by atoms with Gasteiger partial charge in [0.15, 0.2) is 0 Å². The molecule has 0 saturated carbocycles. The summed E-state index contributed by atoms with van der Waals surface area (Å²) in [6.07, 6.45) is 3.32. The van der Waals surface area contributed by atoms with Crippen LogP contribution in [0.4, 0.5) is 0 Å². The van der Waals surface area contributed by atoms with E-state index in [0.29, 0.717) is 64.6 Å². The molecule has 0 radical (unpaired) electrons. The van der Waals surface area contributed by atoms with E-state index in [4.69, 9.17) is 0 Å². The average molecular weight is 634 g/mol. The third kappa shape index (κ3) is 7.58. The van der Waals surface area contributed by atoms with Crippen molar-refractivity contribution in [3.63, 3.8) is 0 Å². The second-order valence-corrected chi connectivity index (χ2v) is 13.4. The van der Waals surface area contributed by atoms with Gasteiger partial charge in [-0.3, -0.25) is 43.8 Å². The van der Waals surface area contributed by atoms with Crippen molar-refractivity contribution in [3.05, 3.63) is 0 Å². The van der Waals surface area contributed by atoms with Crippen molar-refractivity contribution < 1.29 is 28.8 Å². The molecule has 6 amide bonds. The van der Waals surface area contributed by atoms with Crippen molar-refractivity contribution in [1.29, 1.82) is 0 Å². The minimum absolute atomic E-state index is 0.0322. The van der Waals surface area contributed by atoms with Crippen molar-refractivity contribution in [1.82, 2.24) is 46.8 Å². The van der Waals surface area contributed by atoms with Gasteiger partial charge in [-0.25, -0.2) is 16.3 Å². The highest BCUT2D eigenvalue weighted by Crippen LogP contribution is 2.23. The maximum Gasteiger partial charge on any atom is 0.261 e. The number of fused-ring (bicyclic) bond motifs is 3. The molecule has 6 atom stereocenters. The molecule has 0 aromatic rings. The maximum absolute atomic E-state index is 14.1. The van der Waals surface area contributed by atoms with Gasteiger partial charge in [0.25, 0.3) is 17.7 Å². The zero-order valence-corrected chi connectivity index (χ0v) is 27.4. The Bertz CT molecular complexity index is 1150. The smallest absolute Gasteiger partial charge is 0.261 e. The van der Waals surface area contributed by atoms with Crippen LogP contribution in [0.3, 0.4) is 0 Å². The number of carbonyl (C=O) groups is 6. The minimum atomic E-state index is -0.989. The van der Waals surface area contributed by atoms with Gasteiger partial charge in [0.2, 0.25) is 17.7 Å². The molecule has 252 valence electrons. The first-order chi connectivity index (χ1) is 21.3. The topological polar surface area (TPSA) is 176 Å². The third-order valence-corrected chi connectivity index (χ3v) is 9.19. The number of likely N-dealkylation sites (N-methyl/N-ethyl adjacent to an activating group) is 1. The van der Waals surface area contributed by atoms with E-state index in [0.717, 1.165) is 0 Å². The monoisotopic (exact) mass is 633 g/mol. The van der Waals surface area contributed by atoms with E-state index in [9.17, 15) is 28.8 Å². The lowest BCUT2D eigenvalue weighted by Crippen LogP contribution is -2.69. The van der Waals surface area contributed by atoms with Crippen LogP contribution in [0.25, 0.3) is 0 Å². The number of hydrazine groups is 3. The standard InChI is InChI=1S/C30H51N9O6/c1-17(2)16-20-25(40)35-24(18(3)4)30(45)39-23(12-9-15-33-39)29(44)38-22(11-8-14-32-38)28(43)36(6)19(5)27(42)37-21(26(41)34-20)10-7-13-31-37/h17-24,31-33H,7-16H2,1-6H3,(H,34,41)(H,35,40)/t19-,20-,21+,22+,23-,24+/m0/s1. The van der Waals surface area contributed by atoms with Gasteiger partial charge in [-0.1, -0.05) is 27.7 Å². The van der Waals surface area contributed by atoms with E-state index < -0.39 is 71.7 Å². The van der Waals surface area contributed by atoms with Crippen LogP contribution in [0, 0.1) is 11.8 Å². The van der Waals surface area contributed by atoms with Gasteiger partial charge in [0.05, 0.1) is 0 Å². The Morgan fingerprint density at radius 3 is 1.67 bits per heavy atom. The molecule has 4 saturated heterocycles. The lowest BCUT2D eigenvalue weighted by molar-refractivity contribution is -0.164. The first kappa shape index (κ1) is 34.6. The summed E-state index contributed by atoms with van der Waals surface area (Å²) in [7, 11) is 1.52. The van der Waals surface area contributed by atoms with Crippen LogP contribution >= 0.6 is 0 Å². The molecule has 0 aromatic heterocycles. The molecule has 4 heterocycles. The summed E-state index contributed by atoms with van der Waals surface area (Å²) in [4.78, 5) is 84.8. The quantitative estimate of drug-likeness (QED) is 0.261. The number of carbonyl (C=O) groups excluding carboxylic acids is 6. The van der Waals surface area contributed by atoms with E-state index in [1.165, 1.54) is 27.0 Å². The third-order valence-electron chi connectivity index (χ3n) is 9.19. The molecule has 0 aliphatic carbocycles. The summed E-state index contributed by atoms with van der Waals surface area (Å²) in [5.74, 6) is -3.09. The molecule has 4 aliphatic rings. The van der Waals surface area contributed by atoms with Crippen molar-refractivity contribution in [2.45, 2.75) is 116 Å². The number of amides is 6. The molecule has 15 heteroatoms. The first-order valence-electron chi connectivity index (χ1n) is 16.4. The molecule has 4 fully saturated rings. The van der Waals surface area contributed by atoms with E-state index in [2.05, 4.69) is 26.9 Å². The highest BCUT2D eigenvalue weighted by Gasteiger charge is 2.45. The van der Waals surface area contributed by atoms with Crippen molar-refractivity contribution in [2.24, 2.45) is 11.8 Å². The van der Waals surface area contributed by atoms with Crippen LogP contribution in [-0.2, 0) is 28.8 Å². The molecular weight excluding hydrogens is 582 g/mol. The second-order valence-electron chi connectivity index (χ2n) is 13.4. The Morgan fingerprint density at radius 2 is 1.13 bits per heavy atom. The predicted octanol–water partition coefficient (Wildman–Crippen LogP) is -0.995. The first-order valence-corrected chi connectivity index (χ1v) is 16.4. The normalized spacial score (nSPS) is 31.6. The van der Waals surface area contributed by atoms with Crippen LogP contribution in [0.2, 0.25) is 0 Å². The number of hydrogen-bond acceptors (Lipinski definition) is 9. The van der Waals surface area contributed by atoms with Crippen LogP contribution in [-0.4, -0.2) is 118 Å². The van der Waals surface area contributed by atoms with Crippen molar-refractivity contribution >= 4 is 35.4 Å². The SMILES string of the molecule is CC(C)C[C@@H]1NC(=O)[C@H]2CCCNN2C(=O)[C@H](C)N(C)C(=O)[C@H]2CCCNN2C(=O)[C@@H]2CCCNN2C(=O)[C@@H](C(C)C)NC1=O. The highest BCUT2D eigenvalue weighted by molar-refractivity contribution is 5.98. The molecule has 4 rings (SSSR count). The molecule has 15 nitrogen and oxygen atoms in total. The van der Waals surface area contributed by atoms with E-state index >= 15 is 0 Å². The molecule has 4 aliphatic heterocycles. The van der Waals surface area contributed by atoms with E-state index in [1.807, 2.05) is 13.8 Å². The molecule has 0 bridgehead atoms. The van der Waals surface area contributed by atoms with Crippen molar-refractivity contribution in [3.8, 4) is 0 Å². The van der Waals surface area contributed by atoms with Gasteiger partial charge in [0, 0.05) is 26.7 Å². The number of nitrogens with zero attached hydrogens (tertiary/aromatic N) is 4. The Hall–Kier alpha value is -3.30. The fourth-order valence-electron chi connectivity index (χ4n) is 6.45.